The van der Waals surface area contributed by atoms with Crippen LogP contribution < -0.4 is 5.73 Å². The molecule has 12 heteroatoms. The molecule has 2 aromatic rings. The SMILES string of the molecule is CCCCOC(=O)OCCCOC(OC(=O)OCCCC)n1cnc2c(N)ncnc21. The number of anilines is 1. The van der Waals surface area contributed by atoms with Crippen LogP contribution in [0.2, 0.25) is 0 Å². The zero-order valence-corrected chi connectivity index (χ0v) is 17.8. The van der Waals surface area contributed by atoms with Gasteiger partial charge in [0.05, 0.1) is 26.4 Å². The third kappa shape index (κ3) is 7.89. The fraction of sp³-hybridized carbons (Fsp3) is 0.632. The highest BCUT2D eigenvalue weighted by atomic mass is 16.8. The number of aromatic nitrogens is 4. The van der Waals surface area contributed by atoms with Crippen LogP contribution in [0.3, 0.4) is 0 Å². The lowest BCUT2D eigenvalue weighted by Crippen LogP contribution is -2.22. The normalized spacial score (nSPS) is 11.8. The highest BCUT2D eigenvalue weighted by Gasteiger charge is 2.22. The molecule has 172 valence electrons. The Hall–Kier alpha value is -3.15. The van der Waals surface area contributed by atoms with Crippen molar-refractivity contribution in [2.75, 3.05) is 32.2 Å². The Bertz CT molecular complexity index is 829. The lowest BCUT2D eigenvalue weighted by atomic mass is 10.4. The Morgan fingerprint density at radius 1 is 0.935 bits per heavy atom. The van der Waals surface area contributed by atoms with Crippen LogP contribution in [0.25, 0.3) is 11.2 Å². The summed E-state index contributed by atoms with van der Waals surface area (Å²) in [6.45, 7) is 4.71. The van der Waals surface area contributed by atoms with Crippen molar-refractivity contribution in [3.8, 4) is 0 Å². The first kappa shape index (κ1) is 24.1. The minimum atomic E-state index is -1.20. The molecule has 0 radical (unpaired) electrons. The Morgan fingerprint density at radius 2 is 1.58 bits per heavy atom. The smallest absolute Gasteiger partial charge is 0.434 e. The molecule has 0 spiro atoms. The number of nitrogens with zero attached hydrogens (tertiary/aromatic N) is 4. The maximum Gasteiger partial charge on any atom is 0.512 e. The van der Waals surface area contributed by atoms with Gasteiger partial charge in [-0.3, -0.25) is 4.57 Å². The number of carbonyl (C=O) groups excluding carboxylic acids is 2. The highest BCUT2D eigenvalue weighted by molar-refractivity contribution is 5.81. The molecule has 0 fully saturated rings. The molecular formula is C19H29N5O7. The summed E-state index contributed by atoms with van der Waals surface area (Å²) in [6, 6.07) is 0. The maximum absolute atomic E-state index is 12.0. The average molecular weight is 439 g/mol. The number of nitrogen functional groups attached to an aromatic ring is 1. The summed E-state index contributed by atoms with van der Waals surface area (Å²) in [4.78, 5) is 35.6. The zero-order valence-electron chi connectivity index (χ0n) is 17.8. The van der Waals surface area contributed by atoms with Crippen LogP contribution in [0, 0.1) is 0 Å². The Kier molecular flexibility index (Phi) is 10.3. The summed E-state index contributed by atoms with van der Waals surface area (Å²) in [5.74, 6) is 0.183. The number of rotatable bonds is 13. The third-order valence-electron chi connectivity index (χ3n) is 4.02. The van der Waals surface area contributed by atoms with Gasteiger partial charge >= 0.3 is 12.3 Å². The number of imidazole rings is 1. The topological polar surface area (TPSA) is 150 Å². The summed E-state index contributed by atoms with van der Waals surface area (Å²) < 4.78 is 27.2. The van der Waals surface area contributed by atoms with Gasteiger partial charge < -0.3 is 29.4 Å². The van der Waals surface area contributed by atoms with E-state index in [1.807, 2.05) is 13.8 Å². The Balaban J connectivity index is 1.93. The van der Waals surface area contributed by atoms with E-state index in [2.05, 4.69) is 15.0 Å². The van der Waals surface area contributed by atoms with E-state index in [0.717, 1.165) is 19.3 Å². The first-order chi connectivity index (χ1) is 15.1. The standard InChI is InChI=1S/C19H29N5O7/c1-3-5-8-28-18(25)29-11-7-10-27-17(31-19(26)30-9-6-4-2)24-13-23-14-15(20)21-12-22-16(14)24/h12-13,17H,3-11H2,1-2H3,(H2,20,21,22). The van der Waals surface area contributed by atoms with Crippen LogP contribution in [-0.4, -0.2) is 58.3 Å². The summed E-state index contributed by atoms with van der Waals surface area (Å²) >= 11 is 0. The van der Waals surface area contributed by atoms with Gasteiger partial charge in [0, 0.05) is 6.42 Å². The van der Waals surface area contributed by atoms with E-state index >= 15 is 0 Å². The molecule has 0 saturated heterocycles. The predicted molar refractivity (Wildman–Crippen MR) is 109 cm³/mol. The van der Waals surface area contributed by atoms with Gasteiger partial charge in [0.2, 0.25) is 0 Å². The van der Waals surface area contributed by atoms with E-state index < -0.39 is 18.7 Å². The summed E-state index contributed by atoms with van der Waals surface area (Å²) in [7, 11) is 0. The van der Waals surface area contributed by atoms with Crippen molar-refractivity contribution in [2.24, 2.45) is 0 Å². The molecule has 1 unspecified atom stereocenters. The molecule has 2 aromatic heterocycles. The van der Waals surface area contributed by atoms with Crippen LogP contribution in [0.4, 0.5) is 15.4 Å². The minimum absolute atomic E-state index is 0.0818. The third-order valence-corrected chi connectivity index (χ3v) is 4.02. The van der Waals surface area contributed by atoms with Crippen molar-refractivity contribution in [1.82, 2.24) is 19.5 Å². The predicted octanol–water partition coefficient (Wildman–Crippen LogP) is 3.18. The zero-order chi connectivity index (χ0) is 22.5. The van der Waals surface area contributed by atoms with Crippen molar-refractivity contribution in [2.45, 2.75) is 52.4 Å². The molecule has 0 aromatic carbocycles. The van der Waals surface area contributed by atoms with Crippen LogP contribution in [0.1, 0.15) is 52.4 Å². The minimum Gasteiger partial charge on any atom is -0.434 e. The molecule has 0 bridgehead atoms. The van der Waals surface area contributed by atoms with E-state index in [4.69, 9.17) is 29.4 Å². The highest BCUT2D eigenvalue weighted by Crippen LogP contribution is 2.21. The number of hydrogen-bond acceptors (Lipinski definition) is 11. The van der Waals surface area contributed by atoms with Crippen LogP contribution >= 0.6 is 0 Å². The van der Waals surface area contributed by atoms with Crippen molar-refractivity contribution < 1.29 is 33.3 Å². The average Bonchev–Trinajstić information content (AvgIpc) is 3.18. The summed E-state index contributed by atoms with van der Waals surface area (Å²) in [6.07, 6.45) is 3.45. The molecule has 0 amide bonds. The van der Waals surface area contributed by atoms with Crippen LogP contribution in [0.5, 0.6) is 0 Å². The second-order valence-corrected chi connectivity index (χ2v) is 6.48. The second-order valence-electron chi connectivity index (χ2n) is 6.48. The lowest BCUT2D eigenvalue weighted by molar-refractivity contribution is -0.168. The van der Waals surface area contributed by atoms with Gasteiger partial charge in [0.25, 0.3) is 6.41 Å². The molecule has 0 saturated carbocycles. The van der Waals surface area contributed by atoms with E-state index in [-0.39, 0.29) is 25.6 Å². The number of unbranched alkanes of at least 4 members (excludes halogenated alkanes) is 2. The molecule has 1 atom stereocenters. The van der Waals surface area contributed by atoms with Gasteiger partial charge in [0.1, 0.15) is 18.2 Å². The van der Waals surface area contributed by atoms with Crippen molar-refractivity contribution in [3.63, 3.8) is 0 Å². The largest absolute Gasteiger partial charge is 0.512 e. The fourth-order valence-corrected chi connectivity index (χ4v) is 2.35. The van der Waals surface area contributed by atoms with Gasteiger partial charge in [-0.1, -0.05) is 26.7 Å². The van der Waals surface area contributed by atoms with Gasteiger partial charge in [-0.15, -0.1) is 0 Å². The van der Waals surface area contributed by atoms with Gasteiger partial charge in [-0.05, 0) is 12.8 Å². The molecule has 2 N–H and O–H groups in total. The fourth-order valence-electron chi connectivity index (χ4n) is 2.35. The van der Waals surface area contributed by atoms with Crippen molar-refractivity contribution >= 4 is 29.3 Å². The van der Waals surface area contributed by atoms with Crippen LogP contribution in [0.15, 0.2) is 12.7 Å². The van der Waals surface area contributed by atoms with Gasteiger partial charge in [-0.25, -0.2) is 24.5 Å². The van der Waals surface area contributed by atoms with E-state index in [9.17, 15) is 9.59 Å². The number of carbonyl (C=O) groups is 2. The number of nitrogens with two attached hydrogens (primary N) is 1. The molecule has 12 nitrogen and oxygen atoms in total. The molecule has 31 heavy (non-hydrogen) atoms. The van der Waals surface area contributed by atoms with Crippen molar-refractivity contribution in [3.05, 3.63) is 12.7 Å². The number of ether oxygens (including phenoxy) is 5. The quantitative estimate of drug-likeness (QED) is 0.278. The Morgan fingerprint density at radius 3 is 2.26 bits per heavy atom. The molecule has 0 aliphatic rings. The Labute approximate surface area is 180 Å². The maximum atomic E-state index is 12.0. The van der Waals surface area contributed by atoms with Crippen LogP contribution in [-0.2, 0) is 23.7 Å². The molecule has 2 rings (SSSR count). The van der Waals surface area contributed by atoms with Crippen molar-refractivity contribution in [1.29, 1.82) is 0 Å². The lowest BCUT2D eigenvalue weighted by Gasteiger charge is -2.19. The second kappa shape index (κ2) is 13.2. The molecule has 0 aliphatic heterocycles. The monoisotopic (exact) mass is 439 g/mol. The van der Waals surface area contributed by atoms with Gasteiger partial charge in [-0.2, -0.15) is 0 Å². The summed E-state index contributed by atoms with van der Waals surface area (Å²) in [5.41, 5.74) is 6.48. The first-order valence-corrected chi connectivity index (χ1v) is 10.2. The number of hydrogen-bond donors (Lipinski definition) is 1. The number of fused-ring (bicyclic) bond motifs is 1. The van der Waals surface area contributed by atoms with E-state index in [0.29, 0.717) is 30.6 Å². The summed E-state index contributed by atoms with van der Waals surface area (Å²) in [5, 5.41) is 0. The van der Waals surface area contributed by atoms with E-state index in [1.165, 1.54) is 17.2 Å². The molecule has 0 aliphatic carbocycles. The molecular weight excluding hydrogens is 410 g/mol. The first-order valence-electron chi connectivity index (χ1n) is 10.2. The van der Waals surface area contributed by atoms with E-state index in [1.54, 1.807) is 0 Å². The molecule has 2 heterocycles. The van der Waals surface area contributed by atoms with Gasteiger partial charge in [0.15, 0.2) is 11.5 Å².